The van der Waals surface area contributed by atoms with E-state index in [1.165, 1.54) is 12.5 Å². The van der Waals surface area contributed by atoms with Crippen molar-refractivity contribution in [3.05, 3.63) is 28.9 Å². The van der Waals surface area contributed by atoms with Crippen LogP contribution in [0.5, 0.6) is 0 Å². The summed E-state index contributed by atoms with van der Waals surface area (Å²) in [5.41, 5.74) is 0.787. The molecule has 0 radical (unpaired) electrons. The zero-order chi connectivity index (χ0) is 7.84. The van der Waals surface area contributed by atoms with Gasteiger partial charge in [0.05, 0.1) is 11.8 Å². The van der Waals surface area contributed by atoms with Gasteiger partial charge in [0.15, 0.2) is 5.52 Å². The number of H-pyrrole nitrogens is 1. The standard InChI is InChI=1S/C6H6N4O/c7-10-2-1-4-5(6(10)11)9-3-8-4/h1-3H,7H2,(H,8,9). The Kier molecular flexibility index (Phi) is 1.00. The Morgan fingerprint density at radius 1 is 1.64 bits per heavy atom. The Morgan fingerprint density at radius 3 is 3.27 bits per heavy atom. The maximum Gasteiger partial charge on any atom is 0.296 e. The van der Waals surface area contributed by atoms with Crippen LogP contribution < -0.4 is 11.4 Å². The third kappa shape index (κ3) is 0.706. The third-order valence-electron chi connectivity index (χ3n) is 1.51. The number of nitrogens with two attached hydrogens (primary N) is 1. The van der Waals surface area contributed by atoms with E-state index in [1.807, 2.05) is 0 Å². The molecule has 0 aliphatic carbocycles. The van der Waals surface area contributed by atoms with Gasteiger partial charge in [0.25, 0.3) is 5.56 Å². The van der Waals surface area contributed by atoms with Gasteiger partial charge in [-0.25, -0.2) is 9.66 Å². The molecule has 0 saturated heterocycles. The van der Waals surface area contributed by atoms with E-state index in [4.69, 9.17) is 5.84 Å². The van der Waals surface area contributed by atoms with Crippen LogP contribution in [0.15, 0.2) is 23.4 Å². The summed E-state index contributed by atoms with van der Waals surface area (Å²) in [6.07, 6.45) is 2.95. The molecule has 2 rings (SSSR count). The number of hydrogen-bond acceptors (Lipinski definition) is 3. The molecule has 0 aliphatic rings. The van der Waals surface area contributed by atoms with E-state index in [9.17, 15) is 4.79 Å². The molecule has 0 atom stereocenters. The first-order valence-corrected chi connectivity index (χ1v) is 3.09. The van der Waals surface area contributed by atoms with Crippen LogP contribution >= 0.6 is 0 Å². The fourth-order valence-electron chi connectivity index (χ4n) is 0.947. The molecule has 5 heteroatoms. The average molecular weight is 150 g/mol. The molecular weight excluding hydrogens is 144 g/mol. The number of rotatable bonds is 0. The van der Waals surface area contributed by atoms with Crippen molar-refractivity contribution >= 4 is 11.0 Å². The highest BCUT2D eigenvalue weighted by atomic mass is 16.1. The first kappa shape index (κ1) is 5.96. The molecule has 0 amide bonds. The Bertz CT molecular complexity index is 441. The van der Waals surface area contributed by atoms with Crippen LogP contribution in [0.1, 0.15) is 0 Å². The maximum absolute atomic E-state index is 11.1. The van der Waals surface area contributed by atoms with Crippen molar-refractivity contribution in [3.8, 4) is 0 Å². The summed E-state index contributed by atoms with van der Waals surface area (Å²) in [5.74, 6) is 5.30. The zero-order valence-electron chi connectivity index (χ0n) is 5.61. The summed E-state index contributed by atoms with van der Waals surface area (Å²) >= 11 is 0. The molecule has 0 spiro atoms. The van der Waals surface area contributed by atoms with Crippen molar-refractivity contribution in [1.29, 1.82) is 0 Å². The van der Waals surface area contributed by atoms with Crippen LogP contribution in [-0.2, 0) is 0 Å². The predicted molar refractivity (Wildman–Crippen MR) is 40.5 cm³/mol. The molecule has 11 heavy (non-hydrogen) atoms. The van der Waals surface area contributed by atoms with E-state index in [1.54, 1.807) is 6.07 Å². The summed E-state index contributed by atoms with van der Waals surface area (Å²) in [6.45, 7) is 0. The van der Waals surface area contributed by atoms with E-state index in [2.05, 4.69) is 9.97 Å². The van der Waals surface area contributed by atoms with Gasteiger partial charge in [-0.3, -0.25) is 4.79 Å². The number of pyridine rings is 1. The molecule has 2 aromatic heterocycles. The minimum Gasteiger partial charge on any atom is -0.344 e. The Balaban J connectivity index is 3.05. The zero-order valence-corrected chi connectivity index (χ0v) is 5.61. The van der Waals surface area contributed by atoms with E-state index < -0.39 is 0 Å². The molecule has 0 aliphatic heterocycles. The lowest BCUT2D eigenvalue weighted by Crippen LogP contribution is -2.26. The van der Waals surface area contributed by atoms with Gasteiger partial charge in [-0.15, -0.1) is 0 Å². The van der Waals surface area contributed by atoms with Crippen molar-refractivity contribution < 1.29 is 0 Å². The van der Waals surface area contributed by atoms with Gasteiger partial charge in [-0.05, 0) is 6.07 Å². The summed E-state index contributed by atoms with van der Waals surface area (Å²) in [4.78, 5) is 17.8. The lowest BCUT2D eigenvalue weighted by atomic mass is 10.4. The van der Waals surface area contributed by atoms with E-state index in [-0.39, 0.29) is 5.56 Å². The van der Waals surface area contributed by atoms with Crippen molar-refractivity contribution in [2.24, 2.45) is 0 Å². The lowest BCUT2D eigenvalue weighted by Gasteiger charge is -1.93. The minimum absolute atomic E-state index is 0.288. The van der Waals surface area contributed by atoms with Gasteiger partial charge in [-0.2, -0.15) is 0 Å². The summed E-state index contributed by atoms with van der Waals surface area (Å²) in [6, 6.07) is 1.70. The van der Waals surface area contributed by atoms with Crippen molar-refractivity contribution in [3.63, 3.8) is 0 Å². The molecule has 0 fully saturated rings. The van der Waals surface area contributed by atoms with Crippen LogP contribution in [0.3, 0.4) is 0 Å². The monoisotopic (exact) mass is 150 g/mol. The molecule has 2 aromatic rings. The fourth-order valence-corrected chi connectivity index (χ4v) is 0.947. The highest BCUT2D eigenvalue weighted by Crippen LogP contribution is 1.99. The van der Waals surface area contributed by atoms with Gasteiger partial charge in [0, 0.05) is 6.20 Å². The van der Waals surface area contributed by atoms with Gasteiger partial charge in [-0.1, -0.05) is 0 Å². The van der Waals surface area contributed by atoms with Crippen LogP contribution in [0.4, 0.5) is 0 Å². The van der Waals surface area contributed by atoms with Crippen LogP contribution in [-0.4, -0.2) is 14.6 Å². The number of nitrogens with one attached hydrogen (secondary N) is 1. The second-order valence-electron chi connectivity index (χ2n) is 2.19. The molecule has 3 N–H and O–H groups in total. The maximum atomic E-state index is 11.1. The molecule has 0 bridgehead atoms. The summed E-state index contributed by atoms with van der Waals surface area (Å²) in [5, 5.41) is 0. The van der Waals surface area contributed by atoms with Gasteiger partial charge in [0.2, 0.25) is 0 Å². The van der Waals surface area contributed by atoms with Crippen LogP contribution in [0.25, 0.3) is 11.0 Å². The smallest absolute Gasteiger partial charge is 0.296 e. The molecule has 0 saturated carbocycles. The number of imidazole rings is 1. The second kappa shape index (κ2) is 1.85. The summed E-state index contributed by atoms with van der Waals surface area (Å²) < 4.78 is 1.00. The number of nitrogen functional groups attached to an aromatic ring is 1. The Labute approximate surface area is 61.4 Å². The highest BCUT2D eigenvalue weighted by Gasteiger charge is 2.00. The van der Waals surface area contributed by atoms with Crippen LogP contribution in [0, 0.1) is 0 Å². The largest absolute Gasteiger partial charge is 0.344 e. The molecule has 0 unspecified atom stereocenters. The van der Waals surface area contributed by atoms with Gasteiger partial charge < -0.3 is 10.8 Å². The molecular formula is C6H6N4O. The van der Waals surface area contributed by atoms with E-state index >= 15 is 0 Å². The summed E-state index contributed by atoms with van der Waals surface area (Å²) in [7, 11) is 0. The average Bonchev–Trinajstić information content (AvgIpc) is 2.45. The number of aromatic nitrogens is 3. The Hall–Kier alpha value is -1.78. The third-order valence-corrected chi connectivity index (χ3v) is 1.51. The lowest BCUT2D eigenvalue weighted by molar-refractivity contribution is 0.949. The first-order valence-electron chi connectivity index (χ1n) is 3.09. The quantitative estimate of drug-likeness (QED) is 0.494. The highest BCUT2D eigenvalue weighted by molar-refractivity contribution is 5.72. The number of fused-ring (bicyclic) bond motifs is 1. The minimum atomic E-state index is -0.288. The SMILES string of the molecule is Nn1ccc2[nH]cnc2c1=O. The normalized spacial score (nSPS) is 10.5. The number of aromatic amines is 1. The molecule has 56 valence electrons. The van der Waals surface area contributed by atoms with Crippen molar-refractivity contribution in [1.82, 2.24) is 14.6 Å². The van der Waals surface area contributed by atoms with Gasteiger partial charge in [0.1, 0.15) is 0 Å². The Morgan fingerprint density at radius 2 is 2.45 bits per heavy atom. The van der Waals surface area contributed by atoms with Crippen molar-refractivity contribution in [2.75, 3.05) is 5.84 Å². The number of hydrogen-bond donors (Lipinski definition) is 2. The second-order valence-corrected chi connectivity index (χ2v) is 2.19. The van der Waals surface area contributed by atoms with Crippen molar-refractivity contribution in [2.45, 2.75) is 0 Å². The predicted octanol–water partition coefficient (Wildman–Crippen LogP) is -0.562. The molecule has 5 nitrogen and oxygen atoms in total. The van der Waals surface area contributed by atoms with E-state index in [0.29, 0.717) is 11.0 Å². The fraction of sp³-hybridized carbons (Fsp3) is 0. The van der Waals surface area contributed by atoms with E-state index in [0.717, 1.165) is 4.68 Å². The topological polar surface area (TPSA) is 76.7 Å². The van der Waals surface area contributed by atoms with Gasteiger partial charge >= 0.3 is 0 Å². The number of nitrogens with zero attached hydrogens (tertiary/aromatic N) is 2. The molecule has 2 heterocycles. The first-order chi connectivity index (χ1) is 5.29. The molecule has 0 aromatic carbocycles. The van der Waals surface area contributed by atoms with Crippen LogP contribution in [0.2, 0.25) is 0 Å².